The Balaban J connectivity index is 1.78. The number of fused-ring (bicyclic) bond motifs is 1. The molecule has 1 aromatic heterocycles. The van der Waals surface area contributed by atoms with Gasteiger partial charge in [0.05, 0.1) is 11.0 Å². The average Bonchev–Trinajstić information content (AvgIpc) is 2.64. The van der Waals surface area contributed by atoms with E-state index in [4.69, 9.17) is 9.97 Å². The number of nitrogens with one attached hydrogen (secondary N) is 2. The van der Waals surface area contributed by atoms with Crippen molar-refractivity contribution in [1.29, 1.82) is 0 Å². The molecule has 0 aliphatic heterocycles. The molecule has 0 radical (unpaired) electrons. The topological polar surface area (TPSA) is 49.8 Å². The highest BCUT2D eigenvalue weighted by Gasteiger charge is 2.09. The molecule has 3 aromatic carbocycles. The number of anilines is 4. The molecule has 4 rings (SSSR count). The molecule has 4 heteroatoms. The Morgan fingerprint density at radius 2 is 0.833 bits per heavy atom. The van der Waals surface area contributed by atoms with Crippen molar-refractivity contribution in [2.45, 2.75) is 0 Å². The highest BCUT2D eigenvalue weighted by Crippen LogP contribution is 2.27. The standard InChI is InChI=1S/C20H16N4/c1-3-9-15(10-4-1)21-19-20(22-16-11-5-2-6-12-16)24-18-14-8-7-13-17(18)23-19/h1-14H,(H,21,23)(H,22,24)/i21+1,22+1. The molecule has 0 aliphatic carbocycles. The van der Waals surface area contributed by atoms with Crippen molar-refractivity contribution in [1.82, 2.24) is 9.97 Å². The second-order valence-electron chi connectivity index (χ2n) is 5.39. The van der Waals surface area contributed by atoms with Crippen LogP contribution in [0.25, 0.3) is 11.0 Å². The minimum absolute atomic E-state index is 0.698. The van der Waals surface area contributed by atoms with E-state index in [1.165, 1.54) is 0 Å². The van der Waals surface area contributed by atoms with Crippen molar-refractivity contribution in [3.63, 3.8) is 0 Å². The molecule has 116 valence electrons. The zero-order chi connectivity index (χ0) is 16.2. The molecule has 0 spiro atoms. The van der Waals surface area contributed by atoms with Crippen LogP contribution in [0, 0.1) is 0 Å². The summed E-state index contributed by atoms with van der Waals surface area (Å²) in [5.74, 6) is 1.40. The number of aromatic nitrogens is 2. The predicted octanol–water partition coefficient (Wildman–Crippen LogP) is 5.12. The highest BCUT2D eigenvalue weighted by molar-refractivity contribution is 5.83. The Morgan fingerprint density at radius 1 is 0.458 bits per heavy atom. The molecule has 1 heterocycles. The van der Waals surface area contributed by atoms with E-state index in [0.717, 1.165) is 22.4 Å². The van der Waals surface area contributed by atoms with Gasteiger partial charge in [0, 0.05) is 11.4 Å². The molecule has 0 amide bonds. The second kappa shape index (κ2) is 6.38. The van der Waals surface area contributed by atoms with Gasteiger partial charge < -0.3 is 10.6 Å². The fourth-order valence-electron chi connectivity index (χ4n) is 2.49. The summed E-state index contributed by atoms with van der Waals surface area (Å²) in [6.45, 7) is 0. The molecule has 0 atom stereocenters. The van der Waals surface area contributed by atoms with Gasteiger partial charge in [-0.05, 0) is 36.4 Å². The Labute approximate surface area is 140 Å². The Bertz CT molecular complexity index is 873. The molecule has 4 nitrogen and oxygen atoms in total. The van der Waals surface area contributed by atoms with Crippen molar-refractivity contribution in [2.24, 2.45) is 0 Å². The SMILES string of the molecule is c1ccc([15NH]c2nc3ccccc3nc2[15NH]c2ccccc2)cc1. The summed E-state index contributed by atoms with van der Waals surface area (Å²) in [6.07, 6.45) is 0. The van der Waals surface area contributed by atoms with Crippen molar-refractivity contribution < 1.29 is 0 Å². The summed E-state index contributed by atoms with van der Waals surface area (Å²) < 4.78 is 0. The van der Waals surface area contributed by atoms with Crippen molar-refractivity contribution in [2.75, 3.05) is 10.6 Å². The van der Waals surface area contributed by atoms with Gasteiger partial charge in [-0.25, -0.2) is 9.97 Å². The van der Waals surface area contributed by atoms with Gasteiger partial charge >= 0.3 is 0 Å². The summed E-state index contributed by atoms with van der Waals surface area (Å²) in [4.78, 5) is 9.46. The van der Waals surface area contributed by atoms with Crippen LogP contribution in [0.1, 0.15) is 0 Å². The van der Waals surface area contributed by atoms with Gasteiger partial charge in [0.25, 0.3) is 0 Å². The van der Waals surface area contributed by atoms with Crippen molar-refractivity contribution in [3.05, 3.63) is 84.9 Å². The first-order chi connectivity index (χ1) is 11.9. The molecular weight excluding hydrogens is 298 g/mol. The van der Waals surface area contributed by atoms with E-state index in [0.29, 0.717) is 11.6 Å². The van der Waals surface area contributed by atoms with Gasteiger partial charge in [-0.2, -0.15) is 0 Å². The van der Waals surface area contributed by atoms with E-state index in [1.54, 1.807) is 0 Å². The van der Waals surface area contributed by atoms with E-state index in [1.807, 2.05) is 84.9 Å². The molecule has 0 bridgehead atoms. The quantitative estimate of drug-likeness (QED) is 0.513. The minimum atomic E-state index is 0.698. The maximum absolute atomic E-state index is 4.73. The van der Waals surface area contributed by atoms with Crippen LogP contribution in [0.3, 0.4) is 0 Å². The van der Waals surface area contributed by atoms with Gasteiger partial charge in [-0.1, -0.05) is 48.5 Å². The lowest BCUT2D eigenvalue weighted by atomic mass is 10.3. The molecule has 0 fully saturated rings. The molecule has 4 aromatic rings. The first-order valence-electron chi connectivity index (χ1n) is 7.79. The lowest BCUT2D eigenvalue weighted by Crippen LogP contribution is -2.03. The van der Waals surface area contributed by atoms with Crippen molar-refractivity contribution in [3.8, 4) is 0 Å². The van der Waals surface area contributed by atoms with E-state index in [9.17, 15) is 0 Å². The molecule has 0 aliphatic rings. The Kier molecular flexibility index (Phi) is 3.78. The number of hydrogen-bond acceptors (Lipinski definition) is 4. The van der Waals surface area contributed by atoms with Crippen LogP contribution >= 0.6 is 0 Å². The lowest BCUT2D eigenvalue weighted by molar-refractivity contribution is 1.27. The molecule has 0 unspecified atom stereocenters. The van der Waals surface area contributed by atoms with E-state index >= 15 is 0 Å². The van der Waals surface area contributed by atoms with Crippen LogP contribution in [0.15, 0.2) is 84.9 Å². The number of nitrogens with zero attached hydrogens (tertiary/aromatic N) is 2. The largest absolute Gasteiger partial charge is 0.337 e. The normalized spacial score (nSPS) is 10.5. The zero-order valence-corrected chi connectivity index (χ0v) is 13.0. The average molecular weight is 314 g/mol. The van der Waals surface area contributed by atoms with Gasteiger partial charge in [0.15, 0.2) is 11.6 Å². The third kappa shape index (κ3) is 3.03. The van der Waals surface area contributed by atoms with Crippen LogP contribution in [-0.2, 0) is 0 Å². The molecule has 2 N–H and O–H groups in total. The van der Waals surface area contributed by atoms with E-state index in [-0.39, 0.29) is 0 Å². The minimum Gasteiger partial charge on any atom is -0.337 e. The van der Waals surface area contributed by atoms with Crippen LogP contribution in [0.5, 0.6) is 0 Å². The van der Waals surface area contributed by atoms with E-state index in [2.05, 4.69) is 10.6 Å². The van der Waals surface area contributed by atoms with Gasteiger partial charge in [-0.15, -0.1) is 0 Å². The summed E-state index contributed by atoms with van der Waals surface area (Å²) in [5, 5.41) is 6.70. The number of para-hydroxylation sites is 4. The first kappa shape index (κ1) is 14.2. The van der Waals surface area contributed by atoms with Gasteiger partial charge in [0.1, 0.15) is 0 Å². The maximum Gasteiger partial charge on any atom is 0.174 e. The second-order valence-corrected chi connectivity index (χ2v) is 5.39. The highest BCUT2D eigenvalue weighted by atomic mass is 15.7. The first-order valence-corrected chi connectivity index (χ1v) is 7.79. The van der Waals surface area contributed by atoms with Crippen LogP contribution in [-0.4, -0.2) is 9.97 Å². The Hall–Kier alpha value is -3.40. The summed E-state index contributed by atoms with van der Waals surface area (Å²) in [7, 11) is 0. The fourth-order valence-corrected chi connectivity index (χ4v) is 2.49. The zero-order valence-electron chi connectivity index (χ0n) is 13.0. The molecule has 0 saturated heterocycles. The van der Waals surface area contributed by atoms with Crippen LogP contribution in [0.2, 0.25) is 0 Å². The predicted molar refractivity (Wildman–Crippen MR) is 99.0 cm³/mol. The number of hydrogen-bond donors (Lipinski definition) is 2. The number of benzene rings is 3. The fraction of sp³-hybridized carbons (Fsp3) is 0. The molecular formula is C20H16N4. The third-order valence-corrected chi connectivity index (χ3v) is 3.64. The van der Waals surface area contributed by atoms with Gasteiger partial charge in [-0.3, -0.25) is 0 Å². The summed E-state index contributed by atoms with van der Waals surface area (Å²) >= 11 is 0. The number of rotatable bonds is 4. The molecule has 24 heavy (non-hydrogen) atoms. The van der Waals surface area contributed by atoms with Crippen LogP contribution < -0.4 is 10.6 Å². The monoisotopic (exact) mass is 314 g/mol. The van der Waals surface area contributed by atoms with Crippen molar-refractivity contribution >= 4 is 34.0 Å². The molecule has 0 saturated carbocycles. The Morgan fingerprint density at radius 3 is 1.25 bits per heavy atom. The van der Waals surface area contributed by atoms with Gasteiger partial charge in [0.2, 0.25) is 0 Å². The maximum atomic E-state index is 4.73. The lowest BCUT2D eigenvalue weighted by Gasteiger charge is -2.13. The smallest absolute Gasteiger partial charge is 0.174 e. The third-order valence-electron chi connectivity index (χ3n) is 3.64. The summed E-state index contributed by atoms with van der Waals surface area (Å²) in [5.41, 5.74) is 3.65. The summed E-state index contributed by atoms with van der Waals surface area (Å²) in [6, 6.07) is 27.8. The van der Waals surface area contributed by atoms with E-state index < -0.39 is 0 Å². The van der Waals surface area contributed by atoms with Crippen LogP contribution in [0.4, 0.5) is 23.0 Å².